The van der Waals surface area contributed by atoms with Crippen molar-refractivity contribution in [1.82, 2.24) is 0 Å². The van der Waals surface area contributed by atoms with Crippen LogP contribution >= 0.6 is 11.6 Å². The standard InChI is InChI=1S/C8H10ClNO2/c1-11-6-4-3-5(9)8(12-2)7(6)10/h3-4H,10H2,1-2H3. The fraction of sp³-hybridized carbons (Fsp3) is 0.250. The van der Waals surface area contributed by atoms with E-state index >= 15 is 0 Å². The Morgan fingerprint density at radius 2 is 1.92 bits per heavy atom. The zero-order chi connectivity index (χ0) is 9.14. The molecule has 12 heavy (non-hydrogen) atoms. The van der Waals surface area contributed by atoms with E-state index in [9.17, 15) is 0 Å². The summed E-state index contributed by atoms with van der Waals surface area (Å²) in [6.45, 7) is 0. The van der Waals surface area contributed by atoms with Gasteiger partial charge in [-0.3, -0.25) is 0 Å². The molecule has 4 heteroatoms. The molecule has 1 rings (SSSR count). The first kappa shape index (κ1) is 9.00. The maximum Gasteiger partial charge on any atom is 0.164 e. The molecule has 0 aliphatic carbocycles. The summed E-state index contributed by atoms with van der Waals surface area (Å²) in [5.41, 5.74) is 6.09. The monoisotopic (exact) mass is 187 g/mol. The Balaban J connectivity index is 3.24. The molecule has 3 nitrogen and oxygen atoms in total. The van der Waals surface area contributed by atoms with E-state index in [1.54, 1.807) is 19.2 Å². The molecule has 0 unspecified atom stereocenters. The molecule has 0 atom stereocenters. The summed E-state index contributed by atoms with van der Waals surface area (Å²) >= 11 is 5.80. The molecule has 0 spiro atoms. The summed E-state index contributed by atoms with van der Waals surface area (Å²) in [4.78, 5) is 0. The zero-order valence-electron chi connectivity index (χ0n) is 6.93. The molecule has 0 saturated carbocycles. The van der Waals surface area contributed by atoms with Crippen LogP contribution in [0.5, 0.6) is 11.5 Å². The van der Waals surface area contributed by atoms with Crippen molar-refractivity contribution in [1.29, 1.82) is 0 Å². The molecular weight excluding hydrogens is 178 g/mol. The lowest BCUT2D eigenvalue weighted by molar-refractivity contribution is 0.398. The summed E-state index contributed by atoms with van der Waals surface area (Å²) in [6.07, 6.45) is 0. The van der Waals surface area contributed by atoms with Gasteiger partial charge in [-0.2, -0.15) is 0 Å². The first-order valence-electron chi connectivity index (χ1n) is 3.36. The number of methoxy groups -OCH3 is 2. The Morgan fingerprint density at radius 1 is 1.25 bits per heavy atom. The van der Waals surface area contributed by atoms with Crippen LogP contribution in [-0.2, 0) is 0 Å². The van der Waals surface area contributed by atoms with Crippen LogP contribution in [0, 0.1) is 0 Å². The lowest BCUT2D eigenvalue weighted by Gasteiger charge is -2.09. The van der Waals surface area contributed by atoms with E-state index in [1.165, 1.54) is 7.11 Å². The van der Waals surface area contributed by atoms with Gasteiger partial charge in [0.1, 0.15) is 11.4 Å². The summed E-state index contributed by atoms with van der Waals surface area (Å²) in [7, 11) is 3.05. The Labute approximate surface area is 76.0 Å². The second kappa shape index (κ2) is 3.54. The smallest absolute Gasteiger partial charge is 0.164 e. The van der Waals surface area contributed by atoms with E-state index in [0.29, 0.717) is 22.2 Å². The van der Waals surface area contributed by atoms with Crippen molar-refractivity contribution in [2.75, 3.05) is 20.0 Å². The molecule has 0 bridgehead atoms. The predicted molar refractivity (Wildman–Crippen MR) is 49.0 cm³/mol. The first-order valence-corrected chi connectivity index (χ1v) is 3.74. The van der Waals surface area contributed by atoms with E-state index in [0.717, 1.165) is 0 Å². The third kappa shape index (κ3) is 1.41. The average molecular weight is 188 g/mol. The van der Waals surface area contributed by atoms with Gasteiger partial charge in [-0.05, 0) is 12.1 Å². The Kier molecular flexibility index (Phi) is 2.65. The Bertz CT molecular complexity index is 289. The van der Waals surface area contributed by atoms with Crippen molar-refractivity contribution in [3.05, 3.63) is 17.2 Å². The minimum atomic E-state index is 0.424. The molecule has 0 amide bonds. The third-order valence-electron chi connectivity index (χ3n) is 1.53. The van der Waals surface area contributed by atoms with Gasteiger partial charge in [0.2, 0.25) is 0 Å². The second-order valence-electron chi connectivity index (χ2n) is 2.20. The molecule has 0 fully saturated rings. The van der Waals surface area contributed by atoms with E-state index in [2.05, 4.69) is 0 Å². The van der Waals surface area contributed by atoms with Crippen LogP contribution < -0.4 is 15.2 Å². The maximum atomic E-state index is 5.80. The van der Waals surface area contributed by atoms with E-state index in [4.69, 9.17) is 26.8 Å². The quantitative estimate of drug-likeness (QED) is 0.720. The summed E-state index contributed by atoms with van der Waals surface area (Å²) in [5, 5.41) is 0.482. The van der Waals surface area contributed by atoms with Gasteiger partial charge in [-0.1, -0.05) is 11.6 Å². The SMILES string of the molecule is COc1ccc(Cl)c(OC)c1N. The van der Waals surface area contributed by atoms with Gasteiger partial charge in [0.25, 0.3) is 0 Å². The number of ether oxygens (including phenoxy) is 2. The van der Waals surface area contributed by atoms with Crippen LogP contribution in [0.25, 0.3) is 0 Å². The minimum Gasteiger partial charge on any atom is -0.494 e. The van der Waals surface area contributed by atoms with Gasteiger partial charge in [-0.15, -0.1) is 0 Å². The Hall–Kier alpha value is -1.09. The van der Waals surface area contributed by atoms with Crippen LogP contribution in [0.4, 0.5) is 5.69 Å². The highest BCUT2D eigenvalue weighted by atomic mass is 35.5. The molecule has 2 N–H and O–H groups in total. The molecule has 66 valence electrons. The van der Waals surface area contributed by atoms with Gasteiger partial charge >= 0.3 is 0 Å². The van der Waals surface area contributed by atoms with Crippen molar-refractivity contribution in [2.24, 2.45) is 0 Å². The molecule has 0 saturated heterocycles. The highest BCUT2D eigenvalue weighted by molar-refractivity contribution is 6.32. The number of benzene rings is 1. The van der Waals surface area contributed by atoms with Crippen molar-refractivity contribution in [2.45, 2.75) is 0 Å². The molecule has 1 aromatic rings. The normalized spacial score (nSPS) is 9.58. The van der Waals surface area contributed by atoms with Crippen LogP contribution in [0.3, 0.4) is 0 Å². The van der Waals surface area contributed by atoms with Crippen molar-refractivity contribution >= 4 is 17.3 Å². The summed E-state index contributed by atoms with van der Waals surface area (Å²) < 4.78 is 9.96. The van der Waals surface area contributed by atoms with E-state index < -0.39 is 0 Å². The molecule has 0 aliphatic rings. The molecular formula is C8H10ClNO2. The fourth-order valence-electron chi connectivity index (χ4n) is 0.940. The molecule has 0 aliphatic heterocycles. The zero-order valence-corrected chi connectivity index (χ0v) is 7.68. The topological polar surface area (TPSA) is 44.5 Å². The largest absolute Gasteiger partial charge is 0.494 e. The Morgan fingerprint density at radius 3 is 2.42 bits per heavy atom. The van der Waals surface area contributed by atoms with Crippen molar-refractivity contribution in [3.8, 4) is 11.5 Å². The van der Waals surface area contributed by atoms with Crippen molar-refractivity contribution in [3.63, 3.8) is 0 Å². The van der Waals surface area contributed by atoms with Gasteiger partial charge in [0, 0.05) is 0 Å². The lowest BCUT2D eigenvalue weighted by atomic mass is 10.3. The summed E-state index contributed by atoms with van der Waals surface area (Å²) in [5.74, 6) is 1.02. The van der Waals surface area contributed by atoms with E-state index in [-0.39, 0.29) is 0 Å². The molecule has 0 aromatic heterocycles. The molecule has 0 heterocycles. The highest BCUT2D eigenvalue weighted by Gasteiger charge is 2.09. The van der Waals surface area contributed by atoms with Gasteiger partial charge in [0.15, 0.2) is 5.75 Å². The molecule has 1 aromatic carbocycles. The van der Waals surface area contributed by atoms with Crippen LogP contribution in [0.15, 0.2) is 12.1 Å². The van der Waals surface area contributed by atoms with Crippen LogP contribution in [0.2, 0.25) is 5.02 Å². The second-order valence-corrected chi connectivity index (χ2v) is 2.60. The summed E-state index contributed by atoms with van der Waals surface area (Å²) in [6, 6.07) is 3.37. The fourth-order valence-corrected chi connectivity index (χ4v) is 1.18. The number of anilines is 1. The maximum absolute atomic E-state index is 5.80. The average Bonchev–Trinajstić information content (AvgIpc) is 2.06. The number of nitrogens with two attached hydrogens (primary N) is 1. The number of nitrogen functional groups attached to an aromatic ring is 1. The third-order valence-corrected chi connectivity index (χ3v) is 1.83. The van der Waals surface area contributed by atoms with Crippen LogP contribution in [0.1, 0.15) is 0 Å². The highest BCUT2D eigenvalue weighted by Crippen LogP contribution is 2.37. The van der Waals surface area contributed by atoms with E-state index in [1.807, 2.05) is 0 Å². The first-order chi connectivity index (χ1) is 5.70. The van der Waals surface area contributed by atoms with Gasteiger partial charge in [-0.25, -0.2) is 0 Å². The van der Waals surface area contributed by atoms with Crippen LogP contribution in [-0.4, -0.2) is 14.2 Å². The van der Waals surface area contributed by atoms with Gasteiger partial charge in [0.05, 0.1) is 19.2 Å². The molecule has 0 radical (unpaired) electrons. The number of rotatable bonds is 2. The van der Waals surface area contributed by atoms with Gasteiger partial charge < -0.3 is 15.2 Å². The number of hydrogen-bond acceptors (Lipinski definition) is 3. The number of halogens is 1. The predicted octanol–water partition coefficient (Wildman–Crippen LogP) is 1.94. The number of hydrogen-bond donors (Lipinski definition) is 1. The lowest BCUT2D eigenvalue weighted by Crippen LogP contribution is -1.96. The van der Waals surface area contributed by atoms with Crippen molar-refractivity contribution < 1.29 is 9.47 Å². The minimum absolute atomic E-state index is 0.424.